The summed E-state index contributed by atoms with van der Waals surface area (Å²) in [6.45, 7) is 2.30. The number of nitrogens with one attached hydrogen (secondary N) is 1. The van der Waals surface area contributed by atoms with Crippen LogP contribution in [-0.2, 0) is 4.79 Å². The molecule has 0 saturated carbocycles. The summed E-state index contributed by atoms with van der Waals surface area (Å²) in [6, 6.07) is 12.1. The summed E-state index contributed by atoms with van der Waals surface area (Å²) in [5, 5.41) is 3.07. The van der Waals surface area contributed by atoms with Crippen molar-refractivity contribution in [2.45, 2.75) is 17.7 Å². The number of piperidine rings is 1. The van der Waals surface area contributed by atoms with Crippen molar-refractivity contribution < 1.29 is 4.79 Å². The zero-order chi connectivity index (χ0) is 16.6. The molecular formula is C18H22N4OS. The highest BCUT2D eigenvalue weighted by molar-refractivity contribution is 7.99. The van der Waals surface area contributed by atoms with Crippen molar-refractivity contribution in [1.82, 2.24) is 15.3 Å². The van der Waals surface area contributed by atoms with Crippen LogP contribution in [-0.4, -0.2) is 41.3 Å². The van der Waals surface area contributed by atoms with E-state index < -0.39 is 0 Å². The summed E-state index contributed by atoms with van der Waals surface area (Å²) >= 11 is 1.76. The van der Waals surface area contributed by atoms with Gasteiger partial charge >= 0.3 is 0 Å². The Hall–Kier alpha value is -2.08. The topological polar surface area (TPSA) is 58.1 Å². The molecule has 126 valence electrons. The number of anilines is 1. The van der Waals surface area contributed by atoms with Gasteiger partial charge in [-0.05, 0) is 31.0 Å². The van der Waals surface area contributed by atoms with Gasteiger partial charge < -0.3 is 10.2 Å². The van der Waals surface area contributed by atoms with E-state index in [1.165, 1.54) is 4.90 Å². The van der Waals surface area contributed by atoms with Crippen LogP contribution in [0.2, 0.25) is 0 Å². The van der Waals surface area contributed by atoms with E-state index in [0.717, 1.165) is 31.1 Å². The number of nitrogens with zero attached hydrogens (tertiary/aromatic N) is 3. The maximum atomic E-state index is 12.4. The minimum atomic E-state index is 0.0179. The van der Waals surface area contributed by atoms with E-state index in [2.05, 4.69) is 32.3 Å². The lowest BCUT2D eigenvalue weighted by molar-refractivity contribution is -0.125. The first-order valence-electron chi connectivity index (χ1n) is 8.30. The van der Waals surface area contributed by atoms with Gasteiger partial charge in [0.25, 0.3) is 0 Å². The second-order valence-corrected chi connectivity index (χ2v) is 6.95. The summed E-state index contributed by atoms with van der Waals surface area (Å²) in [6.07, 6.45) is 5.41. The number of carbonyl (C=O) groups is 1. The predicted octanol–water partition coefficient (Wildman–Crippen LogP) is 2.60. The lowest BCUT2D eigenvalue weighted by atomic mass is 9.97. The Bertz CT molecular complexity index is 638. The molecule has 1 amide bonds. The minimum Gasteiger partial charge on any atom is -0.355 e. The fourth-order valence-electron chi connectivity index (χ4n) is 2.83. The van der Waals surface area contributed by atoms with E-state index in [0.29, 0.717) is 13.1 Å². The van der Waals surface area contributed by atoms with Crippen molar-refractivity contribution in [2.75, 3.05) is 30.3 Å². The van der Waals surface area contributed by atoms with Crippen LogP contribution < -0.4 is 10.2 Å². The number of thioether (sulfide) groups is 1. The molecule has 1 atom stereocenters. The molecule has 0 spiro atoms. The largest absolute Gasteiger partial charge is 0.355 e. The maximum Gasteiger partial charge on any atom is 0.225 e. The number of amides is 1. The quantitative estimate of drug-likeness (QED) is 0.646. The van der Waals surface area contributed by atoms with Crippen LogP contribution in [0.5, 0.6) is 0 Å². The van der Waals surface area contributed by atoms with Crippen molar-refractivity contribution in [3.05, 3.63) is 48.8 Å². The number of benzene rings is 1. The molecule has 2 heterocycles. The molecule has 24 heavy (non-hydrogen) atoms. The van der Waals surface area contributed by atoms with Gasteiger partial charge in [0.1, 0.15) is 0 Å². The zero-order valence-electron chi connectivity index (χ0n) is 13.6. The lowest BCUT2D eigenvalue weighted by Crippen LogP contribution is -2.44. The molecule has 1 aromatic heterocycles. The Morgan fingerprint density at radius 2 is 2.00 bits per heavy atom. The third kappa shape index (κ3) is 4.71. The Balaban J connectivity index is 1.43. The highest BCUT2D eigenvalue weighted by Gasteiger charge is 2.26. The number of carbonyl (C=O) groups excluding carboxylic acids is 1. The first-order valence-corrected chi connectivity index (χ1v) is 9.29. The molecule has 0 radical (unpaired) electrons. The van der Waals surface area contributed by atoms with Crippen molar-refractivity contribution in [3.63, 3.8) is 0 Å². The van der Waals surface area contributed by atoms with Gasteiger partial charge in [-0.3, -0.25) is 4.79 Å². The summed E-state index contributed by atoms with van der Waals surface area (Å²) in [4.78, 5) is 24.3. The molecule has 1 aliphatic rings. The molecule has 1 aliphatic heterocycles. The predicted molar refractivity (Wildman–Crippen MR) is 97.1 cm³/mol. The smallest absolute Gasteiger partial charge is 0.225 e. The Morgan fingerprint density at radius 3 is 2.79 bits per heavy atom. The van der Waals surface area contributed by atoms with Gasteiger partial charge in [0, 0.05) is 42.7 Å². The summed E-state index contributed by atoms with van der Waals surface area (Å²) in [5.74, 6) is 1.76. The lowest BCUT2D eigenvalue weighted by Gasteiger charge is -2.31. The van der Waals surface area contributed by atoms with Crippen LogP contribution in [0.4, 0.5) is 5.95 Å². The average molecular weight is 342 g/mol. The number of rotatable bonds is 6. The molecule has 1 saturated heterocycles. The van der Waals surface area contributed by atoms with Crippen LogP contribution in [0.25, 0.3) is 0 Å². The normalized spacial score (nSPS) is 17.5. The van der Waals surface area contributed by atoms with E-state index in [4.69, 9.17) is 0 Å². The number of aromatic nitrogens is 2. The first kappa shape index (κ1) is 16.8. The van der Waals surface area contributed by atoms with Crippen molar-refractivity contribution >= 4 is 23.6 Å². The second-order valence-electron chi connectivity index (χ2n) is 5.79. The number of hydrogen-bond acceptors (Lipinski definition) is 5. The van der Waals surface area contributed by atoms with Gasteiger partial charge in [0.2, 0.25) is 11.9 Å². The second kappa shape index (κ2) is 8.68. The van der Waals surface area contributed by atoms with E-state index in [1.807, 2.05) is 24.3 Å². The Morgan fingerprint density at radius 1 is 1.21 bits per heavy atom. The third-order valence-electron chi connectivity index (χ3n) is 4.04. The Kier molecular flexibility index (Phi) is 6.07. The molecule has 1 fully saturated rings. The van der Waals surface area contributed by atoms with Gasteiger partial charge in [-0.1, -0.05) is 18.2 Å². The molecule has 1 aromatic carbocycles. The van der Waals surface area contributed by atoms with Crippen LogP contribution in [0.15, 0.2) is 53.7 Å². The Labute approximate surface area is 146 Å². The van der Waals surface area contributed by atoms with Crippen LogP contribution in [0.1, 0.15) is 12.8 Å². The van der Waals surface area contributed by atoms with Crippen molar-refractivity contribution in [1.29, 1.82) is 0 Å². The highest BCUT2D eigenvalue weighted by atomic mass is 32.2. The van der Waals surface area contributed by atoms with Gasteiger partial charge in [-0.25, -0.2) is 9.97 Å². The van der Waals surface area contributed by atoms with Gasteiger partial charge in [-0.15, -0.1) is 11.8 Å². The van der Waals surface area contributed by atoms with Crippen molar-refractivity contribution in [2.24, 2.45) is 5.92 Å². The maximum absolute atomic E-state index is 12.4. The molecule has 6 heteroatoms. The van der Waals surface area contributed by atoms with Crippen LogP contribution in [0.3, 0.4) is 0 Å². The minimum absolute atomic E-state index is 0.0179. The van der Waals surface area contributed by atoms with E-state index in [9.17, 15) is 4.79 Å². The molecule has 3 rings (SSSR count). The first-order chi connectivity index (χ1) is 11.8. The fraction of sp³-hybridized carbons (Fsp3) is 0.389. The van der Waals surface area contributed by atoms with Crippen LogP contribution in [0, 0.1) is 5.92 Å². The molecule has 5 nitrogen and oxygen atoms in total. The van der Waals surface area contributed by atoms with Gasteiger partial charge in [-0.2, -0.15) is 0 Å². The summed E-state index contributed by atoms with van der Waals surface area (Å²) in [7, 11) is 0. The van der Waals surface area contributed by atoms with Crippen molar-refractivity contribution in [3.8, 4) is 0 Å². The number of hydrogen-bond donors (Lipinski definition) is 1. The molecule has 0 aliphatic carbocycles. The van der Waals surface area contributed by atoms with E-state index in [-0.39, 0.29) is 11.8 Å². The highest BCUT2D eigenvalue weighted by Crippen LogP contribution is 2.20. The van der Waals surface area contributed by atoms with Crippen LogP contribution >= 0.6 is 11.8 Å². The standard InChI is InChI=1S/C18H22N4OS/c23-17(19-11-13-24-16-7-2-1-3-8-16)15-6-4-12-22(14-15)18-20-9-5-10-21-18/h1-3,5,7-10,15H,4,6,11-14H2,(H,19,23). The van der Waals surface area contributed by atoms with E-state index in [1.54, 1.807) is 24.2 Å². The molecule has 0 bridgehead atoms. The third-order valence-corrected chi connectivity index (χ3v) is 5.05. The molecule has 1 unspecified atom stereocenters. The van der Waals surface area contributed by atoms with Gasteiger partial charge in [0.05, 0.1) is 5.92 Å². The monoisotopic (exact) mass is 342 g/mol. The average Bonchev–Trinajstić information content (AvgIpc) is 2.67. The summed E-state index contributed by atoms with van der Waals surface area (Å²) < 4.78 is 0. The molecule has 2 aromatic rings. The molecule has 1 N–H and O–H groups in total. The fourth-order valence-corrected chi connectivity index (χ4v) is 3.62. The zero-order valence-corrected chi connectivity index (χ0v) is 14.4. The van der Waals surface area contributed by atoms with Gasteiger partial charge in [0.15, 0.2) is 0 Å². The van der Waals surface area contributed by atoms with E-state index >= 15 is 0 Å². The SMILES string of the molecule is O=C(NCCSc1ccccc1)C1CCCN(c2ncccn2)C1. The molecular weight excluding hydrogens is 320 g/mol. The summed E-state index contributed by atoms with van der Waals surface area (Å²) in [5.41, 5.74) is 0.